The van der Waals surface area contributed by atoms with Crippen molar-refractivity contribution in [2.45, 2.75) is 40.0 Å². The quantitative estimate of drug-likeness (QED) is 0.0977. The molecule has 228 valence electrons. The largest absolute Gasteiger partial charge is 0.508 e. The number of halogens is 2. The van der Waals surface area contributed by atoms with Crippen LogP contribution in [0.1, 0.15) is 61.5 Å². The monoisotopic (exact) mass is 630 g/mol. The zero-order chi connectivity index (χ0) is 32.4. The number of anilines is 1. The van der Waals surface area contributed by atoms with E-state index in [1.54, 1.807) is 42.5 Å². The maximum absolute atomic E-state index is 12.1. The first-order chi connectivity index (χ1) is 20.9. The highest BCUT2D eigenvalue weighted by Gasteiger charge is 2.16. The number of fused-ring (bicyclic) bond motifs is 1. The highest BCUT2D eigenvalue weighted by atomic mass is 35.5. The molecular weight excluding hydrogens is 595 g/mol. The molecule has 44 heavy (non-hydrogen) atoms. The summed E-state index contributed by atoms with van der Waals surface area (Å²) < 4.78 is 0. The number of carbonyl (C=O) groups excluding carboxylic acids is 2. The summed E-state index contributed by atoms with van der Waals surface area (Å²) in [4.78, 5) is 26.3. The van der Waals surface area contributed by atoms with Crippen molar-refractivity contribution < 1.29 is 19.8 Å². The van der Waals surface area contributed by atoms with Crippen LogP contribution in [0.4, 0.5) is 5.69 Å². The fraction of sp³-hybridized carbons (Fsp3) is 0.194. The van der Waals surface area contributed by atoms with E-state index in [9.17, 15) is 19.8 Å². The zero-order valence-corrected chi connectivity index (χ0v) is 26.6. The SMILES string of the molecule is CC(C)CC=O.CC(C)c1cnc2c(Cl)cccc2c1-c1cccc(O)c1.Nc1c(Cl)cccc1C(=O)c1cccc(O)c1. The Morgan fingerprint density at radius 1 is 0.864 bits per heavy atom. The molecule has 0 saturated carbocycles. The number of phenolic OH excluding ortho intramolecular Hbond substituents is 2. The van der Waals surface area contributed by atoms with Gasteiger partial charge in [0.2, 0.25) is 0 Å². The van der Waals surface area contributed by atoms with Crippen molar-refractivity contribution in [2.75, 3.05) is 5.73 Å². The molecule has 8 heteroatoms. The van der Waals surface area contributed by atoms with E-state index in [1.165, 1.54) is 12.1 Å². The molecule has 0 saturated heterocycles. The number of hydrogen-bond donors (Lipinski definition) is 3. The minimum Gasteiger partial charge on any atom is -0.508 e. The van der Waals surface area contributed by atoms with Gasteiger partial charge in [0.15, 0.2) is 5.78 Å². The van der Waals surface area contributed by atoms with E-state index in [4.69, 9.17) is 28.9 Å². The summed E-state index contributed by atoms with van der Waals surface area (Å²) in [5.74, 6) is 0.896. The summed E-state index contributed by atoms with van der Waals surface area (Å²) in [7, 11) is 0. The van der Waals surface area contributed by atoms with Gasteiger partial charge in [-0.25, -0.2) is 0 Å². The summed E-state index contributed by atoms with van der Waals surface area (Å²) in [5.41, 5.74) is 10.7. The topological polar surface area (TPSA) is 114 Å². The van der Waals surface area contributed by atoms with Crippen LogP contribution in [-0.2, 0) is 4.79 Å². The van der Waals surface area contributed by atoms with E-state index in [0.29, 0.717) is 39.4 Å². The number of nitrogens with zero attached hydrogens (tertiary/aromatic N) is 1. The van der Waals surface area contributed by atoms with E-state index in [0.717, 1.165) is 33.9 Å². The highest BCUT2D eigenvalue weighted by molar-refractivity contribution is 6.35. The van der Waals surface area contributed by atoms with Crippen LogP contribution in [0.2, 0.25) is 10.0 Å². The lowest BCUT2D eigenvalue weighted by Gasteiger charge is -2.16. The van der Waals surface area contributed by atoms with Gasteiger partial charge in [0.25, 0.3) is 0 Å². The van der Waals surface area contributed by atoms with Gasteiger partial charge in [-0.2, -0.15) is 0 Å². The van der Waals surface area contributed by atoms with Gasteiger partial charge in [-0.15, -0.1) is 0 Å². The second kappa shape index (κ2) is 15.9. The minimum absolute atomic E-state index is 0.0384. The summed E-state index contributed by atoms with van der Waals surface area (Å²) in [5, 5.41) is 21.1. The molecule has 1 heterocycles. The van der Waals surface area contributed by atoms with Crippen molar-refractivity contribution in [2.24, 2.45) is 5.92 Å². The Morgan fingerprint density at radius 2 is 1.48 bits per heavy atom. The van der Waals surface area contributed by atoms with Crippen LogP contribution in [0, 0.1) is 5.92 Å². The van der Waals surface area contributed by atoms with Crippen LogP contribution < -0.4 is 5.73 Å². The van der Waals surface area contributed by atoms with Crippen molar-refractivity contribution in [1.29, 1.82) is 0 Å². The first-order valence-corrected chi connectivity index (χ1v) is 14.9. The number of carbonyl (C=O) groups is 2. The molecule has 0 aliphatic rings. The number of aromatic nitrogens is 1. The maximum atomic E-state index is 12.1. The number of phenols is 2. The summed E-state index contributed by atoms with van der Waals surface area (Å²) >= 11 is 12.1. The molecule has 0 fully saturated rings. The molecule has 5 aromatic rings. The van der Waals surface area contributed by atoms with Gasteiger partial charge >= 0.3 is 0 Å². The Labute approximate surface area is 268 Å². The van der Waals surface area contributed by atoms with Crippen LogP contribution in [0.3, 0.4) is 0 Å². The van der Waals surface area contributed by atoms with Crippen LogP contribution in [0.25, 0.3) is 22.0 Å². The predicted octanol–water partition coefficient (Wildman–Crippen LogP) is 9.47. The molecule has 6 nitrogen and oxygen atoms in total. The van der Waals surface area contributed by atoms with E-state index in [1.807, 2.05) is 50.4 Å². The number of benzene rings is 4. The number of para-hydroxylation sites is 2. The smallest absolute Gasteiger partial charge is 0.195 e. The number of aromatic hydroxyl groups is 2. The van der Waals surface area contributed by atoms with E-state index >= 15 is 0 Å². The zero-order valence-electron chi connectivity index (χ0n) is 25.1. The standard InChI is InChI=1S/C18H16ClNO.C13H10ClNO2.C5H10O/c1-11(2)15-10-20-18-14(7-4-8-16(18)19)17(15)12-5-3-6-13(21)9-12;14-11-6-2-5-10(12(11)15)13(17)8-3-1-4-9(16)7-8;1-5(2)3-4-6/h3-11,21H,1-2H3;1-7,16H,15H2;4-5H,3H2,1-2H3. The number of aldehydes is 1. The van der Waals surface area contributed by atoms with Gasteiger partial charge in [-0.3, -0.25) is 9.78 Å². The van der Waals surface area contributed by atoms with Crippen molar-refractivity contribution in [3.63, 3.8) is 0 Å². The first-order valence-electron chi connectivity index (χ1n) is 14.1. The molecule has 4 aromatic carbocycles. The fourth-order valence-corrected chi connectivity index (χ4v) is 4.75. The third-order valence-corrected chi connectivity index (χ3v) is 7.24. The van der Waals surface area contributed by atoms with Crippen molar-refractivity contribution in [3.8, 4) is 22.6 Å². The Balaban J connectivity index is 0.000000207. The molecule has 1 aromatic heterocycles. The molecule has 0 radical (unpaired) electrons. The van der Waals surface area contributed by atoms with Gasteiger partial charge in [0, 0.05) is 29.1 Å². The number of pyridine rings is 1. The minimum atomic E-state index is -0.263. The summed E-state index contributed by atoms with van der Waals surface area (Å²) in [6, 6.07) is 24.1. The second-order valence-electron chi connectivity index (χ2n) is 10.8. The number of nitrogen functional groups attached to an aromatic ring is 1. The average molecular weight is 632 g/mol. The third kappa shape index (κ3) is 8.82. The molecule has 0 unspecified atom stereocenters. The lowest BCUT2D eigenvalue weighted by atomic mass is 9.91. The van der Waals surface area contributed by atoms with Gasteiger partial charge in [-0.05, 0) is 71.0 Å². The van der Waals surface area contributed by atoms with Gasteiger partial charge < -0.3 is 20.7 Å². The molecule has 0 amide bonds. The molecule has 0 aliphatic carbocycles. The van der Waals surface area contributed by atoms with Crippen molar-refractivity contribution >= 4 is 51.9 Å². The Kier molecular flexibility index (Phi) is 12.3. The number of hydrogen-bond acceptors (Lipinski definition) is 6. The van der Waals surface area contributed by atoms with E-state index < -0.39 is 0 Å². The van der Waals surface area contributed by atoms with Crippen LogP contribution in [0.5, 0.6) is 11.5 Å². The Morgan fingerprint density at radius 3 is 2.07 bits per heavy atom. The van der Waals surface area contributed by atoms with Crippen LogP contribution in [0.15, 0.2) is 91.1 Å². The van der Waals surface area contributed by atoms with Gasteiger partial charge in [0.1, 0.15) is 17.8 Å². The number of nitrogens with two attached hydrogens (primary N) is 1. The highest BCUT2D eigenvalue weighted by Crippen LogP contribution is 2.37. The van der Waals surface area contributed by atoms with Gasteiger partial charge in [0.05, 0.1) is 21.2 Å². The van der Waals surface area contributed by atoms with E-state index in [-0.39, 0.29) is 23.0 Å². The number of rotatable bonds is 6. The van der Waals surface area contributed by atoms with Crippen LogP contribution >= 0.6 is 23.2 Å². The normalized spacial score (nSPS) is 10.5. The lowest BCUT2D eigenvalue weighted by molar-refractivity contribution is -0.108. The molecule has 5 rings (SSSR count). The molecular formula is C36H36Cl2N2O4. The molecule has 0 spiro atoms. The Hall–Kier alpha value is -4.39. The lowest BCUT2D eigenvalue weighted by Crippen LogP contribution is -2.05. The first kappa shape index (κ1) is 34.1. The molecule has 0 bridgehead atoms. The Bertz CT molecular complexity index is 1750. The molecule has 0 aliphatic heterocycles. The average Bonchev–Trinajstić information content (AvgIpc) is 2.98. The fourth-order valence-electron chi connectivity index (χ4n) is 4.35. The molecule has 0 atom stereocenters. The van der Waals surface area contributed by atoms with Crippen LogP contribution in [-0.4, -0.2) is 27.3 Å². The van der Waals surface area contributed by atoms with Crippen molar-refractivity contribution in [3.05, 3.63) is 118 Å². The third-order valence-electron chi connectivity index (χ3n) is 6.61. The predicted molar refractivity (Wildman–Crippen MR) is 181 cm³/mol. The van der Waals surface area contributed by atoms with Crippen molar-refractivity contribution in [1.82, 2.24) is 4.98 Å². The summed E-state index contributed by atoms with van der Waals surface area (Å²) in [6.07, 6.45) is 3.53. The molecule has 4 N–H and O–H groups in total. The number of ketones is 1. The summed E-state index contributed by atoms with van der Waals surface area (Å²) in [6.45, 7) is 8.32. The van der Waals surface area contributed by atoms with E-state index in [2.05, 4.69) is 18.8 Å². The van der Waals surface area contributed by atoms with Gasteiger partial charge in [-0.1, -0.05) is 93.4 Å². The second-order valence-corrected chi connectivity index (χ2v) is 11.6. The maximum Gasteiger partial charge on any atom is 0.195 e.